The Hall–Kier alpha value is 0.270. The van der Waals surface area contributed by atoms with Gasteiger partial charge in [-0.2, -0.15) is 11.8 Å². The molecule has 1 spiro atoms. The average molecular weight is 269 g/mol. The number of ether oxygens (including phenoxy) is 1. The summed E-state index contributed by atoms with van der Waals surface area (Å²) in [7, 11) is 0. The van der Waals surface area contributed by atoms with Crippen molar-refractivity contribution in [2.24, 2.45) is 0 Å². The zero-order valence-electron chi connectivity index (χ0n) is 11.5. The molecule has 3 fully saturated rings. The second-order valence-electron chi connectivity index (χ2n) is 6.34. The zero-order valence-corrected chi connectivity index (χ0v) is 12.3. The van der Waals surface area contributed by atoms with Gasteiger partial charge in [0.2, 0.25) is 0 Å². The summed E-state index contributed by atoms with van der Waals surface area (Å²) >= 11 is 2.12. The molecule has 2 saturated heterocycles. The first-order valence-electron chi connectivity index (χ1n) is 7.84. The summed E-state index contributed by atoms with van der Waals surface area (Å²) in [6.07, 6.45) is 12.0. The van der Waals surface area contributed by atoms with Gasteiger partial charge in [0.15, 0.2) is 0 Å². The summed E-state index contributed by atoms with van der Waals surface area (Å²) in [6, 6.07) is 1.51. The smallest absolute Gasteiger partial charge is 0.0697 e. The maximum atomic E-state index is 6.18. The lowest BCUT2D eigenvalue weighted by molar-refractivity contribution is -0.110. The lowest BCUT2D eigenvalue weighted by atomic mass is 9.78. The number of rotatable bonds is 2. The molecule has 2 heterocycles. The van der Waals surface area contributed by atoms with Crippen molar-refractivity contribution >= 4 is 11.8 Å². The molecule has 1 unspecified atom stereocenters. The topological polar surface area (TPSA) is 21.3 Å². The van der Waals surface area contributed by atoms with Crippen molar-refractivity contribution in [3.8, 4) is 0 Å². The van der Waals surface area contributed by atoms with Gasteiger partial charge in [-0.15, -0.1) is 0 Å². The molecule has 1 aliphatic carbocycles. The SMILES string of the molecule is C1CCC2(CC1)CC(NC1CCSCC1)CCO2. The van der Waals surface area contributed by atoms with Crippen LogP contribution in [0, 0.1) is 0 Å². The Morgan fingerprint density at radius 3 is 2.50 bits per heavy atom. The molecule has 0 bridgehead atoms. The van der Waals surface area contributed by atoms with Gasteiger partial charge in [0.25, 0.3) is 0 Å². The van der Waals surface area contributed by atoms with E-state index in [1.807, 2.05) is 0 Å². The summed E-state index contributed by atoms with van der Waals surface area (Å²) in [5, 5.41) is 3.94. The molecule has 0 aromatic carbocycles. The van der Waals surface area contributed by atoms with Crippen LogP contribution >= 0.6 is 11.8 Å². The molecule has 18 heavy (non-hydrogen) atoms. The molecule has 3 heteroatoms. The Bertz CT molecular complexity index is 254. The van der Waals surface area contributed by atoms with Crippen LogP contribution in [0.2, 0.25) is 0 Å². The standard InChI is InChI=1S/C15H27NOS/c1-2-7-15(8-3-1)12-14(4-9-17-15)16-13-5-10-18-11-6-13/h13-14,16H,1-12H2. The van der Waals surface area contributed by atoms with Gasteiger partial charge < -0.3 is 10.1 Å². The first-order valence-corrected chi connectivity index (χ1v) is 9.00. The monoisotopic (exact) mass is 269 g/mol. The Balaban J connectivity index is 1.52. The molecule has 1 atom stereocenters. The highest BCUT2D eigenvalue weighted by Gasteiger charge is 2.38. The third-order valence-corrected chi connectivity index (χ3v) is 6.00. The van der Waals surface area contributed by atoms with Crippen molar-refractivity contribution in [3.05, 3.63) is 0 Å². The van der Waals surface area contributed by atoms with Gasteiger partial charge in [-0.3, -0.25) is 0 Å². The van der Waals surface area contributed by atoms with Crippen LogP contribution in [0.1, 0.15) is 57.8 Å². The van der Waals surface area contributed by atoms with Crippen LogP contribution < -0.4 is 5.32 Å². The average Bonchev–Trinajstić information content (AvgIpc) is 2.41. The van der Waals surface area contributed by atoms with Crippen molar-refractivity contribution in [2.45, 2.75) is 75.5 Å². The number of hydrogen-bond acceptors (Lipinski definition) is 3. The molecule has 0 radical (unpaired) electrons. The van der Waals surface area contributed by atoms with E-state index in [0.717, 1.165) is 18.7 Å². The molecule has 0 aromatic heterocycles. The van der Waals surface area contributed by atoms with Crippen LogP contribution in [0.4, 0.5) is 0 Å². The summed E-state index contributed by atoms with van der Waals surface area (Å²) < 4.78 is 6.18. The fraction of sp³-hybridized carbons (Fsp3) is 1.00. The van der Waals surface area contributed by atoms with Gasteiger partial charge in [0.1, 0.15) is 0 Å². The van der Waals surface area contributed by atoms with Crippen LogP contribution in [0.15, 0.2) is 0 Å². The fourth-order valence-electron chi connectivity index (χ4n) is 3.91. The third kappa shape index (κ3) is 3.23. The van der Waals surface area contributed by atoms with Gasteiger partial charge in [-0.1, -0.05) is 19.3 Å². The van der Waals surface area contributed by atoms with E-state index in [4.69, 9.17) is 4.74 Å². The minimum absolute atomic E-state index is 0.261. The van der Waals surface area contributed by atoms with Gasteiger partial charge in [-0.05, 0) is 50.0 Å². The van der Waals surface area contributed by atoms with Gasteiger partial charge in [0, 0.05) is 18.7 Å². The first kappa shape index (κ1) is 13.3. The molecular formula is C15H27NOS. The van der Waals surface area contributed by atoms with Crippen molar-refractivity contribution in [1.29, 1.82) is 0 Å². The maximum Gasteiger partial charge on any atom is 0.0697 e. The van der Waals surface area contributed by atoms with Gasteiger partial charge in [-0.25, -0.2) is 0 Å². The normalized spacial score (nSPS) is 33.7. The molecule has 1 saturated carbocycles. The minimum atomic E-state index is 0.261. The summed E-state index contributed by atoms with van der Waals surface area (Å²) in [4.78, 5) is 0. The predicted molar refractivity (Wildman–Crippen MR) is 78.3 cm³/mol. The van der Waals surface area contributed by atoms with Crippen molar-refractivity contribution in [3.63, 3.8) is 0 Å². The molecule has 3 rings (SSSR count). The molecule has 2 aliphatic heterocycles. The quantitative estimate of drug-likeness (QED) is 0.830. The highest BCUT2D eigenvalue weighted by atomic mass is 32.2. The van der Waals surface area contributed by atoms with Gasteiger partial charge in [0.05, 0.1) is 5.60 Å². The maximum absolute atomic E-state index is 6.18. The lowest BCUT2D eigenvalue weighted by Gasteiger charge is -2.44. The summed E-state index contributed by atoms with van der Waals surface area (Å²) in [5.74, 6) is 2.71. The molecule has 2 nitrogen and oxygen atoms in total. The van der Waals surface area contributed by atoms with E-state index in [9.17, 15) is 0 Å². The molecule has 0 aromatic rings. The van der Waals surface area contributed by atoms with Crippen molar-refractivity contribution in [1.82, 2.24) is 5.32 Å². The largest absolute Gasteiger partial charge is 0.375 e. The number of hydrogen-bond donors (Lipinski definition) is 1. The van der Waals surface area contributed by atoms with E-state index >= 15 is 0 Å². The Kier molecular flexibility index (Phi) is 4.53. The lowest BCUT2D eigenvalue weighted by Crippen LogP contribution is -2.51. The third-order valence-electron chi connectivity index (χ3n) is 4.95. The Morgan fingerprint density at radius 1 is 0.944 bits per heavy atom. The molecule has 1 N–H and O–H groups in total. The van der Waals surface area contributed by atoms with Crippen LogP contribution in [0.5, 0.6) is 0 Å². The minimum Gasteiger partial charge on any atom is -0.375 e. The van der Waals surface area contributed by atoms with Crippen LogP contribution in [-0.2, 0) is 4.74 Å². The molecular weight excluding hydrogens is 242 g/mol. The van der Waals surface area contributed by atoms with E-state index in [1.54, 1.807) is 0 Å². The summed E-state index contributed by atoms with van der Waals surface area (Å²) in [6.45, 7) is 0.985. The highest BCUT2D eigenvalue weighted by molar-refractivity contribution is 7.99. The predicted octanol–water partition coefficient (Wildman–Crippen LogP) is 3.35. The zero-order chi connectivity index (χ0) is 12.3. The highest BCUT2D eigenvalue weighted by Crippen LogP contribution is 2.38. The summed E-state index contributed by atoms with van der Waals surface area (Å²) in [5.41, 5.74) is 0.261. The van der Waals surface area contributed by atoms with Gasteiger partial charge >= 0.3 is 0 Å². The molecule has 3 aliphatic rings. The number of thioether (sulfide) groups is 1. The van der Waals surface area contributed by atoms with Crippen molar-refractivity contribution < 1.29 is 4.74 Å². The molecule has 104 valence electrons. The molecule has 0 amide bonds. The van der Waals surface area contributed by atoms with E-state index in [2.05, 4.69) is 17.1 Å². The van der Waals surface area contributed by atoms with E-state index < -0.39 is 0 Å². The second-order valence-corrected chi connectivity index (χ2v) is 7.56. The van der Waals surface area contributed by atoms with E-state index in [1.165, 1.54) is 69.3 Å². The Morgan fingerprint density at radius 2 is 1.72 bits per heavy atom. The van der Waals surface area contributed by atoms with Crippen molar-refractivity contribution in [2.75, 3.05) is 18.1 Å². The van der Waals surface area contributed by atoms with E-state index in [0.29, 0.717) is 0 Å². The number of nitrogens with one attached hydrogen (secondary N) is 1. The van der Waals surface area contributed by atoms with Crippen LogP contribution in [0.25, 0.3) is 0 Å². The Labute approximate surface area is 116 Å². The fourth-order valence-corrected chi connectivity index (χ4v) is 5.02. The van der Waals surface area contributed by atoms with Crippen LogP contribution in [0.3, 0.4) is 0 Å². The van der Waals surface area contributed by atoms with E-state index in [-0.39, 0.29) is 5.60 Å². The first-order chi connectivity index (χ1) is 8.86. The second kappa shape index (κ2) is 6.15. The van der Waals surface area contributed by atoms with Crippen LogP contribution in [-0.4, -0.2) is 35.8 Å².